The molecule has 3 rings (SSSR count). The maximum atomic E-state index is 13.1. The molecule has 0 spiro atoms. The standard InChI is InChI=1S/C19H22FN3O2/c1-13-12-14(20)2-7-18(13)23-19(24)22-16-5-3-15(4-6-16)21-17-8-10-25-11-9-17/h2-7,12,17,21H,8-11H2,1H3,(H2,22,23,24). The van der Waals surface area contributed by atoms with Gasteiger partial charge in [-0.25, -0.2) is 9.18 Å². The normalized spacial score (nSPS) is 14.8. The van der Waals surface area contributed by atoms with Gasteiger partial charge in [-0.1, -0.05) is 0 Å². The predicted octanol–water partition coefficient (Wildman–Crippen LogP) is 4.37. The summed E-state index contributed by atoms with van der Waals surface area (Å²) in [6, 6.07) is 11.9. The van der Waals surface area contributed by atoms with Gasteiger partial charge in [-0.05, 0) is 67.8 Å². The molecule has 0 atom stereocenters. The van der Waals surface area contributed by atoms with Crippen LogP contribution < -0.4 is 16.0 Å². The van der Waals surface area contributed by atoms with E-state index in [0.29, 0.717) is 23.0 Å². The van der Waals surface area contributed by atoms with Crippen molar-refractivity contribution in [3.05, 3.63) is 53.8 Å². The van der Waals surface area contributed by atoms with Gasteiger partial charge in [0.25, 0.3) is 0 Å². The molecule has 0 saturated carbocycles. The Kier molecular flexibility index (Phi) is 5.50. The lowest BCUT2D eigenvalue weighted by Gasteiger charge is -2.24. The van der Waals surface area contributed by atoms with Gasteiger partial charge in [0.2, 0.25) is 0 Å². The number of benzene rings is 2. The molecule has 132 valence electrons. The van der Waals surface area contributed by atoms with Gasteiger partial charge in [0.15, 0.2) is 0 Å². The molecule has 0 aliphatic carbocycles. The van der Waals surface area contributed by atoms with Crippen LogP contribution in [0.2, 0.25) is 0 Å². The van der Waals surface area contributed by atoms with Crippen molar-refractivity contribution in [1.82, 2.24) is 0 Å². The molecule has 6 heteroatoms. The maximum Gasteiger partial charge on any atom is 0.323 e. The summed E-state index contributed by atoms with van der Waals surface area (Å²) in [5, 5.41) is 8.96. The maximum absolute atomic E-state index is 13.1. The highest BCUT2D eigenvalue weighted by Gasteiger charge is 2.13. The van der Waals surface area contributed by atoms with Gasteiger partial charge in [0, 0.05) is 36.3 Å². The molecule has 1 heterocycles. The number of halogens is 1. The first-order valence-corrected chi connectivity index (χ1v) is 8.39. The second-order valence-electron chi connectivity index (χ2n) is 6.15. The molecule has 0 radical (unpaired) electrons. The van der Waals surface area contributed by atoms with Crippen molar-refractivity contribution in [2.45, 2.75) is 25.8 Å². The Balaban J connectivity index is 1.54. The number of carbonyl (C=O) groups excluding carboxylic acids is 1. The van der Waals surface area contributed by atoms with Gasteiger partial charge in [0.1, 0.15) is 5.82 Å². The topological polar surface area (TPSA) is 62.4 Å². The zero-order chi connectivity index (χ0) is 17.6. The van der Waals surface area contributed by atoms with E-state index in [1.54, 1.807) is 13.0 Å². The highest BCUT2D eigenvalue weighted by atomic mass is 19.1. The second kappa shape index (κ2) is 7.98. The van der Waals surface area contributed by atoms with Crippen LogP contribution in [0.25, 0.3) is 0 Å². The SMILES string of the molecule is Cc1cc(F)ccc1NC(=O)Nc1ccc(NC2CCOCC2)cc1. The van der Waals surface area contributed by atoms with Crippen LogP contribution in [0.5, 0.6) is 0 Å². The molecule has 1 fully saturated rings. The fraction of sp³-hybridized carbons (Fsp3) is 0.316. The zero-order valence-corrected chi connectivity index (χ0v) is 14.1. The first kappa shape index (κ1) is 17.2. The average Bonchev–Trinajstić information content (AvgIpc) is 2.60. The summed E-state index contributed by atoms with van der Waals surface area (Å²) in [7, 11) is 0. The van der Waals surface area contributed by atoms with Crippen molar-refractivity contribution in [1.29, 1.82) is 0 Å². The van der Waals surface area contributed by atoms with Crippen molar-refractivity contribution >= 4 is 23.1 Å². The monoisotopic (exact) mass is 343 g/mol. The Hall–Kier alpha value is -2.60. The van der Waals surface area contributed by atoms with E-state index in [1.807, 2.05) is 24.3 Å². The number of carbonyl (C=O) groups is 1. The van der Waals surface area contributed by atoms with Crippen molar-refractivity contribution in [3.8, 4) is 0 Å². The van der Waals surface area contributed by atoms with Gasteiger partial charge in [-0.2, -0.15) is 0 Å². The third kappa shape index (κ3) is 4.93. The number of hydrogen-bond donors (Lipinski definition) is 3. The Bertz CT molecular complexity index is 728. The average molecular weight is 343 g/mol. The molecule has 2 aromatic rings. The number of nitrogens with one attached hydrogen (secondary N) is 3. The van der Waals surface area contributed by atoms with E-state index in [-0.39, 0.29) is 11.8 Å². The van der Waals surface area contributed by atoms with E-state index < -0.39 is 0 Å². The van der Waals surface area contributed by atoms with E-state index >= 15 is 0 Å². The van der Waals surface area contributed by atoms with Crippen LogP contribution in [-0.2, 0) is 4.74 Å². The number of amides is 2. The Morgan fingerprint density at radius 1 is 1.04 bits per heavy atom. The molecule has 0 aromatic heterocycles. The zero-order valence-electron chi connectivity index (χ0n) is 14.1. The lowest BCUT2D eigenvalue weighted by Crippen LogP contribution is -2.27. The van der Waals surface area contributed by atoms with E-state index in [2.05, 4.69) is 16.0 Å². The van der Waals surface area contributed by atoms with Gasteiger partial charge < -0.3 is 20.7 Å². The molecule has 1 saturated heterocycles. The first-order valence-electron chi connectivity index (χ1n) is 8.39. The van der Waals surface area contributed by atoms with Crippen molar-refractivity contribution < 1.29 is 13.9 Å². The molecule has 2 amide bonds. The largest absolute Gasteiger partial charge is 0.382 e. The lowest BCUT2D eigenvalue weighted by molar-refractivity contribution is 0.0904. The molecule has 0 bridgehead atoms. The van der Waals surface area contributed by atoms with Crippen LogP contribution in [0.4, 0.5) is 26.2 Å². The minimum Gasteiger partial charge on any atom is -0.382 e. The number of aryl methyl sites for hydroxylation is 1. The molecule has 2 aromatic carbocycles. The van der Waals surface area contributed by atoms with Gasteiger partial charge in [-0.15, -0.1) is 0 Å². The highest BCUT2D eigenvalue weighted by Crippen LogP contribution is 2.19. The summed E-state index contributed by atoms with van der Waals surface area (Å²) < 4.78 is 18.4. The molecule has 0 unspecified atom stereocenters. The molecular weight excluding hydrogens is 321 g/mol. The Morgan fingerprint density at radius 2 is 1.72 bits per heavy atom. The first-order chi connectivity index (χ1) is 12.1. The molecular formula is C19H22FN3O2. The van der Waals surface area contributed by atoms with Gasteiger partial charge in [0.05, 0.1) is 0 Å². The van der Waals surface area contributed by atoms with E-state index in [4.69, 9.17) is 4.74 Å². The smallest absolute Gasteiger partial charge is 0.323 e. The van der Waals surface area contributed by atoms with Crippen LogP contribution >= 0.6 is 0 Å². The summed E-state index contributed by atoms with van der Waals surface area (Å²) in [6.45, 7) is 3.33. The van der Waals surface area contributed by atoms with E-state index in [0.717, 1.165) is 31.7 Å². The Labute approximate surface area is 146 Å². The van der Waals surface area contributed by atoms with Crippen LogP contribution in [-0.4, -0.2) is 25.3 Å². The summed E-state index contributed by atoms with van der Waals surface area (Å²) >= 11 is 0. The van der Waals surface area contributed by atoms with Crippen molar-refractivity contribution in [2.24, 2.45) is 0 Å². The minimum atomic E-state index is -0.361. The summed E-state index contributed by atoms with van der Waals surface area (Å²) in [5.41, 5.74) is 2.96. The minimum absolute atomic E-state index is 0.323. The molecule has 1 aliphatic rings. The predicted molar refractivity (Wildman–Crippen MR) is 97.7 cm³/mol. The number of ether oxygens (including phenoxy) is 1. The van der Waals surface area contributed by atoms with Crippen LogP contribution in [0, 0.1) is 12.7 Å². The van der Waals surface area contributed by atoms with E-state index in [1.165, 1.54) is 12.1 Å². The molecule has 3 N–H and O–H groups in total. The van der Waals surface area contributed by atoms with Crippen molar-refractivity contribution in [3.63, 3.8) is 0 Å². The highest BCUT2D eigenvalue weighted by molar-refractivity contribution is 6.00. The van der Waals surface area contributed by atoms with E-state index in [9.17, 15) is 9.18 Å². The third-order valence-corrected chi connectivity index (χ3v) is 4.17. The van der Waals surface area contributed by atoms with Gasteiger partial charge >= 0.3 is 6.03 Å². The number of anilines is 3. The fourth-order valence-electron chi connectivity index (χ4n) is 2.78. The lowest BCUT2D eigenvalue weighted by atomic mass is 10.1. The Morgan fingerprint density at radius 3 is 2.40 bits per heavy atom. The molecule has 5 nitrogen and oxygen atoms in total. The number of hydrogen-bond acceptors (Lipinski definition) is 3. The van der Waals surface area contributed by atoms with Crippen LogP contribution in [0.3, 0.4) is 0 Å². The van der Waals surface area contributed by atoms with Crippen LogP contribution in [0.15, 0.2) is 42.5 Å². The number of urea groups is 1. The molecule has 1 aliphatic heterocycles. The van der Waals surface area contributed by atoms with Crippen molar-refractivity contribution in [2.75, 3.05) is 29.2 Å². The number of rotatable bonds is 4. The third-order valence-electron chi connectivity index (χ3n) is 4.17. The van der Waals surface area contributed by atoms with Crippen LogP contribution in [0.1, 0.15) is 18.4 Å². The summed E-state index contributed by atoms with van der Waals surface area (Å²) in [4.78, 5) is 12.1. The fourth-order valence-corrected chi connectivity index (χ4v) is 2.78. The summed E-state index contributed by atoms with van der Waals surface area (Å²) in [6.07, 6.45) is 2.00. The quantitative estimate of drug-likeness (QED) is 0.772. The summed E-state index contributed by atoms with van der Waals surface area (Å²) in [5.74, 6) is -0.323. The molecule has 25 heavy (non-hydrogen) atoms. The van der Waals surface area contributed by atoms with Gasteiger partial charge in [-0.3, -0.25) is 0 Å². The second-order valence-corrected chi connectivity index (χ2v) is 6.15.